The number of benzene rings is 2. The van der Waals surface area contributed by atoms with Crippen LogP contribution in [0.5, 0.6) is 0 Å². The summed E-state index contributed by atoms with van der Waals surface area (Å²) in [5.74, 6) is -1.47. The van der Waals surface area contributed by atoms with E-state index in [-0.39, 0.29) is 0 Å². The number of dihydropyridines is 1. The molecule has 5 heteroatoms. The number of carbonyl (C=O) groups is 2. The lowest BCUT2D eigenvalue weighted by atomic mass is 9.79. The number of ether oxygens (including phenoxy) is 2. The number of allylic oxidation sites excluding steroid dienone is 2. The van der Waals surface area contributed by atoms with Crippen molar-refractivity contribution in [3.63, 3.8) is 0 Å². The zero-order chi connectivity index (χ0) is 20.7. The van der Waals surface area contributed by atoms with Crippen LogP contribution >= 0.6 is 0 Å². The summed E-state index contributed by atoms with van der Waals surface area (Å²) in [7, 11) is 2.70. The first-order valence-corrected chi connectivity index (χ1v) is 9.52. The van der Waals surface area contributed by atoms with Crippen molar-refractivity contribution in [2.75, 3.05) is 14.2 Å². The Morgan fingerprint density at radius 1 is 0.862 bits per heavy atom. The zero-order valence-corrected chi connectivity index (χ0v) is 17.0. The summed E-state index contributed by atoms with van der Waals surface area (Å²) >= 11 is 0. The number of rotatable bonds is 3. The topological polar surface area (TPSA) is 64.6 Å². The molecule has 1 N–H and O–H groups in total. The molecule has 148 valence electrons. The van der Waals surface area contributed by atoms with E-state index < -0.39 is 17.9 Å². The van der Waals surface area contributed by atoms with Gasteiger partial charge < -0.3 is 14.8 Å². The van der Waals surface area contributed by atoms with E-state index in [4.69, 9.17) is 9.47 Å². The van der Waals surface area contributed by atoms with Crippen molar-refractivity contribution in [2.45, 2.75) is 26.2 Å². The van der Waals surface area contributed by atoms with Gasteiger partial charge in [-0.25, -0.2) is 9.59 Å². The van der Waals surface area contributed by atoms with E-state index in [1.807, 2.05) is 32.0 Å². The summed E-state index contributed by atoms with van der Waals surface area (Å²) in [5, 5.41) is 3.13. The first-order chi connectivity index (χ1) is 14.0. The van der Waals surface area contributed by atoms with Crippen LogP contribution in [0.4, 0.5) is 0 Å². The van der Waals surface area contributed by atoms with Crippen LogP contribution in [-0.2, 0) is 25.5 Å². The molecule has 0 saturated carbocycles. The summed E-state index contributed by atoms with van der Waals surface area (Å²) in [6.07, 6.45) is 0.830. The molecule has 0 bridgehead atoms. The lowest BCUT2D eigenvalue weighted by Crippen LogP contribution is -2.32. The Morgan fingerprint density at radius 3 is 2.07 bits per heavy atom. The summed E-state index contributed by atoms with van der Waals surface area (Å²) in [5.41, 5.74) is 7.97. The molecular formula is C24H23NO4. The van der Waals surface area contributed by atoms with E-state index in [2.05, 4.69) is 29.6 Å². The maximum absolute atomic E-state index is 12.6. The number of methoxy groups -OCH3 is 2. The third-order valence-corrected chi connectivity index (χ3v) is 5.72. The molecule has 2 aromatic rings. The number of fused-ring (bicyclic) bond motifs is 3. The Morgan fingerprint density at radius 2 is 1.45 bits per heavy atom. The van der Waals surface area contributed by atoms with Crippen molar-refractivity contribution in [1.82, 2.24) is 5.32 Å². The number of nitrogens with one attached hydrogen (secondary N) is 1. The van der Waals surface area contributed by atoms with Crippen LogP contribution < -0.4 is 5.32 Å². The molecular weight excluding hydrogens is 366 g/mol. The molecule has 5 nitrogen and oxygen atoms in total. The highest BCUT2D eigenvalue weighted by molar-refractivity contribution is 6.00. The van der Waals surface area contributed by atoms with Crippen LogP contribution in [-0.4, -0.2) is 26.2 Å². The maximum Gasteiger partial charge on any atom is 0.336 e. The third-order valence-electron chi connectivity index (χ3n) is 5.72. The van der Waals surface area contributed by atoms with Gasteiger partial charge in [0.2, 0.25) is 0 Å². The molecule has 0 amide bonds. The summed E-state index contributed by atoms with van der Waals surface area (Å²) < 4.78 is 10.1. The molecule has 1 aliphatic heterocycles. The normalized spacial score (nSPS) is 15.6. The molecule has 0 unspecified atom stereocenters. The molecule has 2 aliphatic rings. The van der Waals surface area contributed by atoms with Gasteiger partial charge in [-0.15, -0.1) is 0 Å². The fraction of sp³-hybridized carbons (Fsp3) is 0.250. The van der Waals surface area contributed by atoms with Crippen LogP contribution in [0.3, 0.4) is 0 Å². The second kappa shape index (κ2) is 7.24. The van der Waals surface area contributed by atoms with E-state index in [0.717, 1.165) is 12.0 Å². The minimum Gasteiger partial charge on any atom is -0.466 e. The van der Waals surface area contributed by atoms with Crippen molar-refractivity contribution in [1.29, 1.82) is 0 Å². The van der Waals surface area contributed by atoms with Gasteiger partial charge in [-0.1, -0.05) is 42.5 Å². The van der Waals surface area contributed by atoms with E-state index in [0.29, 0.717) is 22.5 Å². The van der Waals surface area contributed by atoms with E-state index in [1.165, 1.54) is 36.5 Å². The Bertz CT molecular complexity index is 1060. The number of hydrogen-bond acceptors (Lipinski definition) is 5. The van der Waals surface area contributed by atoms with Gasteiger partial charge in [0.25, 0.3) is 0 Å². The number of hydrogen-bond donors (Lipinski definition) is 1. The molecule has 0 radical (unpaired) electrons. The van der Waals surface area contributed by atoms with Gasteiger partial charge in [0, 0.05) is 11.4 Å². The smallest absolute Gasteiger partial charge is 0.336 e. The van der Waals surface area contributed by atoms with Crippen LogP contribution in [0.2, 0.25) is 0 Å². The minimum absolute atomic E-state index is 0.425. The fourth-order valence-corrected chi connectivity index (χ4v) is 4.43. The Labute approximate surface area is 170 Å². The summed E-state index contributed by atoms with van der Waals surface area (Å²) in [4.78, 5) is 25.3. The molecule has 4 rings (SSSR count). The number of esters is 2. The monoisotopic (exact) mass is 389 g/mol. The summed E-state index contributed by atoms with van der Waals surface area (Å²) in [6.45, 7) is 3.64. The van der Waals surface area contributed by atoms with E-state index in [1.54, 1.807) is 0 Å². The Hall–Kier alpha value is -3.34. The molecule has 0 atom stereocenters. The SMILES string of the molecule is COC(=O)C1=C(C)NC(C)=C(C(=O)OC)C1c1ccc2c(c1)Cc1ccccc1-2. The van der Waals surface area contributed by atoms with Crippen LogP contribution in [0, 0.1) is 0 Å². The molecule has 29 heavy (non-hydrogen) atoms. The van der Waals surface area contributed by atoms with Crippen molar-refractivity contribution in [3.05, 3.63) is 81.7 Å². The minimum atomic E-state index is -0.551. The molecule has 0 saturated heterocycles. The first kappa shape index (κ1) is 19.0. The van der Waals surface area contributed by atoms with Crippen molar-refractivity contribution < 1.29 is 19.1 Å². The lowest BCUT2D eigenvalue weighted by Gasteiger charge is -2.30. The highest BCUT2D eigenvalue weighted by atomic mass is 16.5. The van der Waals surface area contributed by atoms with Crippen molar-refractivity contribution in [2.24, 2.45) is 0 Å². The van der Waals surface area contributed by atoms with Crippen LogP contribution in [0.1, 0.15) is 36.5 Å². The van der Waals surface area contributed by atoms with Crippen LogP contribution in [0.15, 0.2) is 65.0 Å². The summed E-state index contributed by atoms with van der Waals surface area (Å²) in [6, 6.07) is 14.5. The van der Waals surface area contributed by atoms with Gasteiger partial charge in [-0.2, -0.15) is 0 Å². The van der Waals surface area contributed by atoms with Gasteiger partial charge in [-0.3, -0.25) is 0 Å². The fourth-order valence-electron chi connectivity index (χ4n) is 4.43. The van der Waals surface area contributed by atoms with Gasteiger partial charge in [0.1, 0.15) is 0 Å². The third kappa shape index (κ3) is 3.03. The van der Waals surface area contributed by atoms with Crippen molar-refractivity contribution >= 4 is 11.9 Å². The van der Waals surface area contributed by atoms with Gasteiger partial charge in [0.05, 0.1) is 31.3 Å². The molecule has 1 aliphatic carbocycles. The predicted octanol–water partition coefficient (Wildman–Crippen LogP) is 3.84. The quantitative estimate of drug-likeness (QED) is 0.690. The Balaban J connectivity index is 1.87. The Kier molecular flexibility index (Phi) is 4.74. The zero-order valence-electron chi connectivity index (χ0n) is 17.0. The highest BCUT2D eigenvalue weighted by Gasteiger charge is 2.38. The van der Waals surface area contributed by atoms with Crippen molar-refractivity contribution in [3.8, 4) is 11.1 Å². The average molecular weight is 389 g/mol. The average Bonchev–Trinajstić information content (AvgIpc) is 3.10. The highest BCUT2D eigenvalue weighted by Crippen LogP contribution is 2.43. The largest absolute Gasteiger partial charge is 0.466 e. The molecule has 1 heterocycles. The molecule has 2 aromatic carbocycles. The van der Waals surface area contributed by atoms with Gasteiger partial charge in [0.15, 0.2) is 0 Å². The maximum atomic E-state index is 12.6. The van der Waals surface area contributed by atoms with Gasteiger partial charge >= 0.3 is 11.9 Å². The van der Waals surface area contributed by atoms with Crippen LogP contribution in [0.25, 0.3) is 11.1 Å². The lowest BCUT2D eigenvalue weighted by molar-refractivity contribution is -0.137. The van der Waals surface area contributed by atoms with E-state index >= 15 is 0 Å². The first-order valence-electron chi connectivity index (χ1n) is 9.52. The molecule has 0 spiro atoms. The number of carbonyl (C=O) groups excluding carboxylic acids is 2. The second-order valence-corrected chi connectivity index (χ2v) is 7.37. The molecule has 0 aromatic heterocycles. The standard InChI is InChI=1S/C24H23NO4/c1-13-20(23(26)28-3)22(21(14(2)25-13)24(27)29-4)16-9-10-19-17(12-16)11-15-7-5-6-8-18(15)19/h5-10,12,22,25H,11H2,1-4H3. The van der Waals surface area contributed by atoms with E-state index in [9.17, 15) is 9.59 Å². The second-order valence-electron chi connectivity index (χ2n) is 7.37. The molecule has 0 fully saturated rings. The van der Waals surface area contributed by atoms with Gasteiger partial charge in [-0.05, 0) is 48.1 Å². The predicted molar refractivity (Wildman–Crippen MR) is 110 cm³/mol.